The van der Waals surface area contributed by atoms with E-state index in [1.807, 2.05) is 0 Å². The first kappa shape index (κ1) is 10.4. The van der Waals surface area contributed by atoms with Gasteiger partial charge in [-0.3, -0.25) is 0 Å². The van der Waals surface area contributed by atoms with Gasteiger partial charge in [-0.2, -0.15) is 0 Å². The van der Waals surface area contributed by atoms with Crippen molar-refractivity contribution in [1.29, 1.82) is 0 Å². The molecule has 15 heavy (non-hydrogen) atoms. The van der Waals surface area contributed by atoms with Crippen molar-refractivity contribution in [2.45, 2.75) is 26.3 Å². The van der Waals surface area contributed by atoms with Crippen LogP contribution >= 0.6 is 0 Å². The van der Waals surface area contributed by atoms with Gasteiger partial charge in [0.05, 0.1) is 0 Å². The lowest BCUT2D eigenvalue weighted by Gasteiger charge is -2.10. The first-order chi connectivity index (χ1) is 7.09. The van der Waals surface area contributed by atoms with Gasteiger partial charge >= 0.3 is 0 Å². The van der Waals surface area contributed by atoms with Crippen LogP contribution in [-0.2, 0) is 6.54 Å². The summed E-state index contributed by atoms with van der Waals surface area (Å²) in [5.74, 6) is -0.146. The van der Waals surface area contributed by atoms with Crippen LogP contribution < -0.4 is 5.32 Å². The van der Waals surface area contributed by atoms with Gasteiger partial charge in [0.2, 0.25) is 0 Å². The van der Waals surface area contributed by atoms with Gasteiger partial charge in [-0.25, -0.2) is 4.39 Å². The minimum absolute atomic E-state index is 0.157. The van der Waals surface area contributed by atoms with E-state index >= 15 is 0 Å². The Kier molecular flexibility index (Phi) is 2.65. The van der Waals surface area contributed by atoms with E-state index in [1.165, 1.54) is 31.0 Å². The highest BCUT2D eigenvalue weighted by Crippen LogP contribution is 2.44. The second-order valence-electron chi connectivity index (χ2n) is 4.69. The Hall–Kier alpha value is -1.09. The summed E-state index contributed by atoms with van der Waals surface area (Å²) >= 11 is 0. The molecule has 0 unspecified atom stereocenters. The highest BCUT2D eigenvalue weighted by molar-refractivity contribution is 5.32. The number of benzene rings is 1. The van der Waals surface area contributed by atoms with Crippen molar-refractivity contribution in [3.05, 3.63) is 29.6 Å². The molecule has 0 atom stereocenters. The standard InChI is InChI=1S/C12H16FNO/c1-12(4-5-12)8-14-7-9-6-10(13)2-3-11(9)15/h2-3,6,14-15H,4-5,7-8H2,1H3. The molecule has 0 aromatic heterocycles. The monoisotopic (exact) mass is 209 g/mol. The third kappa shape index (κ3) is 2.69. The number of phenols is 1. The van der Waals surface area contributed by atoms with Crippen LogP contribution in [0.15, 0.2) is 18.2 Å². The molecule has 0 saturated heterocycles. The average Bonchev–Trinajstić information content (AvgIpc) is 2.90. The summed E-state index contributed by atoms with van der Waals surface area (Å²) in [7, 11) is 0. The Balaban J connectivity index is 1.89. The van der Waals surface area contributed by atoms with E-state index in [9.17, 15) is 9.50 Å². The normalized spacial score (nSPS) is 17.7. The largest absolute Gasteiger partial charge is 0.508 e. The molecule has 0 radical (unpaired) electrons. The zero-order chi connectivity index (χ0) is 10.9. The van der Waals surface area contributed by atoms with Gasteiger partial charge in [0, 0.05) is 18.7 Å². The van der Waals surface area contributed by atoms with Crippen molar-refractivity contribution in [2.75, 3.05) is 6.54 Å². The Labute approximate surface area is 89.1 Å². The molecule has 2 N–H and O–H groups in total. The van der Waals surface area contributed by atoms with Crippen molar-refractivity contribution < 1.29 is 9.50 Å². The fourth-order valence-electron chi connectivity index (χ4n) is 1.58. The molecule has 0 heterocycles. The van der Waals surface area contributed by atoms with Gasteiger partial charge in [-0.1, -0.05) is 6.92 Å². The minimum Gasteiger partial charge on any atom is -0.508 e. The predicted octanol–water partition coefficient (Wildman–Crippen LogP) is 2.42. The number of nitrogens with one attached hydrogen (secondary N) is 1. The van der Waals surface area contributed by atoms with Crippen LogP contribution in [0.3, 0.4) is 0 Å². The van der Waals surface area contributed by atoms with Gasteiger partial charge < -0.3 is 10.4 Å². The molecule has 1 aromatic rings. The van der Waals surface area contributed by atoms with Crippen molar-refractivity contribution in [3.63, 3.8) is 0 Å². The lowest BCUT2D eigenvalue weighted by atomic mass is 10.1. The third-order valence-corrected chi connectivity index (χ3v) is 3.01. The van der Waals surface area contributed by atoms with E-state index in [1.54, 1.807) is 0 Å². The zero-order valence-corrected chi connectivity index (χ0v) is 8.89. The van der Waals surface area contributed by atoms with Crippen LogP contribution in [0.25, 0.3) is 0 Å². The summed E-state index contributed by atoms with van der Waals surface area (Å²) in [4.78, 5) is 0. The Morgan fingerprint density at radius 2 is 2.20 bits per heavy atom. The third-order valence-electron chi connectivity index (χ3n) is 3.01. The van der Waals surface area contributed by atoms with Gasteiger partial charge in [0.1, 0.15) is 11.6 Å². The van der Waals surface area contributed by atoms with Crippen LogP contribution in [0.5, 0.6) is 5.75 Å². The fourth-order valence-corrected chi connectivity index (χ4v) is 1.58. The molecule has 82 valence electrons. The van der Waals surface area contributed by atoms with Gasteiger partial charge in [0.25, 0.3) is 0 Å². The highest BCUT2D eigenvalue weighted by atomic mass is 19.1. The molecule has 0 spiro atoms. The molecule has 0 bridgehead atoms. The molecule has 3 heteroatoms. The van der Waals surface area contributed by atoms with Crippen LogP contribution in [0, 0.1) is 11.2 Å². The fraction of sp³-hybridized carbons (Fsp3) is 0.500. The van der Waals surface area contributed by atoms with Crippen LogP contribution in [0.4, 0.5) is 4.39 Å². The first-order valence-corrected chi connectivity index (χ1v) is 5.27. The Morgan fingerprint density at radius 3 is 2.87 bits per heavy atom. The number of halogens is 1. The summed E-state index contributed by atoms with van der Waals surface area (Å²) in [5, 5.41) is 12.7. The topological polar surface area (TPSA) is 32.3 Å². The van der Waals surface area contributed by atoms with Crippen molar-refractivity contribution in [3.8, 4) is 5.75 Å². The molecule has 1 aromatic carbocycles. The number of hydrogen-bond donors (Lipinski definition) is 2. The maximum Gasteiger partial charge on any atom is 0.123 e. The Morgan fingerprint density at radius 1 is 1.47 bits per heavy atom. The summed E-state index contributed by atoms with van der Waals surface area (Å²) in [5.41, 5.74) is 1.06. The van der Waals surface area contributed by atoms with Crippen molar-refractivity contribution in [2.24, 2.45) is 5.41 Å². The summed E-state index contributed by atoms with van der Waals surface area (Å²) < 4.78 is 12.9. The molecule has 0 amide bonds. The smallest absolute Gasteiger partial charge is 0.123 e. The lowest BCUT2D eigenvalue weighted by Crippen LogP contribution is -2.21. The summed E-state index contributed by atoms with van der Waals surface area (Å²) in [6.07, 6.45) is 2.52. The van der Waals surface area contributed by atoms with Crippen LogP contribution in [0.1, 0.15) is 25.3 Å². The maximum atomic E-state index is 12.9. The quantitative estimate of drug-likeness (QED) is 0.798. The number of rotatable bonds is 4. The lowest BCUT2D eigenvalue weighted by molar-refractivity contribution is 0.452. The minimum atomic E-state index is -0.303. The predicted molar refractivity (Wildman–Crippen MR) is 57.1 cm³/mol. The summed E-state index contributed by atoms with van der Waals surface area (Å²) in [6, 6.07) is 4.03. The van der Waals surface area contributed by atoms with E-state index in [4.69, 9.17) is 0 Å². The molecule has 1 saturated carbocycles. The van der Waals surface area contributed by atoms with Gasteiger partial charge in [0.15, 0.2) is 0 Å². The van der Waals surface area contributed by atoms with E-state index < -0.39 is 0 Å². The van der Waals surface area contributed by atoms with Gasteiger partial charge in [-0.15, -0.1) is 0 Å². The molecule has 1 aliphatic carbocycles. The Bertz CT molecular complexity index is 361. The first-order valence-electron chi connectivity index (χ1n) is 5.27. The van der Waals surface area contributed by atoms with E-state index in [-0.39, 0.29) is 11.6 Å². The molecule has 0 aliphatic heterocycles. The highest BCUT2D eigenvalue weighted by Gasteiger charge is 2.36. The molecule has 2 nitrogen and oxygen atoms in total. The van der Waals surface area contributed by atoms with E-state index in [0.717, 1.165) is 6.54 Å². The molecule has 2 rings (SSSR count). The summed E-state index contributed by atoms with van der Waals surface area (Å²) in [6.45, 7) is 3.69. The number of aromatic hydroxyl groups is 1. The van der Waals surface area contributed by atoms with Crippen LogP contribution in [0.2, 0.25) is 0 Å². The average molecular weight is 209 g/mol. The maximum absolute atomic E-state index is 12.9. The molecular weight excluding hydrogens is 193 g/mol. The SMILES string of the molecule is CC1(CNCc2cc(F)ccc2O)CC1. The second-order valence-corrected chi connectivity index (χ2v) is 4.69. The van der Waals surface area contributed by atoms with E-state index in [0.29, 0.717) is 17.5 Å². The van der Waals surface area contributed by atoms with E-state index in [2.05, 4.69) is 12.2 Å². The van der Waals surface area contributed by atoms with Crippen molar-refractivity contribution >= 4 is 0 Å². The van der Waals surface area contributed by atoms with Crippen LogP contribution in [-0.4, -0.2) is 11.7 Å². The molecular formula is C12H16FNO. The number of phenolic OH excluding ortho intramolecular Hbond substituents is 1. The second kappa shape index (κ2) is 3.81. The zero-order valence-electron chi connectivity index (χ0n) is 8.89. The number of hydrogen-bond acceptors (Lipinski definition) is 2. The van der Waals surface area contributed by atoms with Crippen molar-refractivity contribution in [1.82, 2.24) is 5.32 Å². The molecule has 1 aliphatic rings. The van der Waals surface area contributed by atoms with Gasteiger partial charge in [-0.05, 0) is 36.5 Å². The molecule has 1 fully saturated rings.